The molecule has 0 bridgehead atoms. The highest BCUT2D eigenvalue weighted by molar-refractivity contribution is 7.91. The molecule has 0 saturated carbocycles. The standard InChI is InChI=1S/C24H31N7O5S/c1-24(2,3)13-6-7-14-15(9-13)30-17(29-14)5-4-8-37(34,35)10-16-19(32)20(33)23(36-16)31-12-28-18-21(25)26-11-27-22(18)31/h6-7,9,11-12,16,19-20,23,32-33H,4-5,8,10H2,1-3H3,(H,29,30)(H2,25,26,27)/t16-,19-,20-,23-/m1/s1. The maximum absolute atomic E-state index is 12.8. The van der Waals surface area contributed by atoms with Crippen LogP contribution in [0.3, 0.4) is 0 Å². The van der Waals surface area contributed by atoms with E-state index in [1.165, 1.54) is 22.8 Å². The Balaban J connectivity index is 1.22. The lowest BCUT2D eigenvalue weighted by atomic mass is 9.87. The van der Waals surface area contributed by atoms with Crippen molar-refractivity contribution in [1.29, 1.82) is 0 Å². The first-order valence-corrected chi connectivity index (χ1v) is 13.9. The number of rotatable bonds is 7. The van der Waals surface area contributed by atoms with E-state index >= 15 is 0 Å². The molecule has 0 aliphatic carbocycles. The minimum Gasteiger partial charge on any atom is -0.387 e. The highest BCUT2D eigenvalue weighted by atomic mass is 32.2. The average Bonchev–Trinajstić information content (AvgIpc) is 3.50. The van der Waals surface area contributed by atoms with Crippen molar-refractivity contribution in [2.45, 2.75) is 63.6 Å². The zero-order chi connectivity index (χ0) is 26.5. The second kappa shape index (κ2) is 9.31. The molecule has 0 amide bonds. The largest absolute Gasteiger partial charge is 0.387 e. The summed E-state index contributed by atoms with van der Waals surface area (Å²) in [4.78, 5) is 20.0. The zero-order valence-corrected chi connectivity index (χ0v) is 21.7. The molecule has 4 aromatic rings. The zero-order valence-electron chi connectivity index (χ0n) is 20.9. The van der Waals surface area contributed by atoms with Gasteiger partial charge in [0.1, 0.15) is 36.0 Å². The summed E-state index contributed by atoms with van der Waals surface area (Å²) in [5.41, 5.74) is 9.41. The number of hydrogen-bond acceptors (Lipinski definition) is 10. The number of ether oxygens (including phenoxy) is 1. The molecule has 37 heavy (non-hydrogen) atoms. The van der Waals surface area contributed by atoms with Gasteiger partial charge in [-0.2, -0.15) is 0 Å². The van der Waals surface area contributed by atoms with Gasteiger partial charge in [-0.25, -0.2) is 28.4 Å². The first kappa shape index (κ1) is 25.5. The number of aliphatic hydroxyl groups is 2. The molecule has 4 heterocycles. The number of fused-ring (bicyclic) bond motifs is 2. The number of H-pyrrole nitrogens is 1. The van der Waals surface area contributed by atoms with Crippen LogP contribution in [0.1, 0.15) is 44.8 Å². The minimum atomic E-state index is -3.60. The monoisotopic (exact) mass is 529 g/mol. The summed E-state index contributed by atoms with van der Waals surface area (Å²) in [6.07, 6.45) is -1.52. The molecule has 5 rings (SSSR count). The van der Waals surface area contributed by atoms with Gasteiger partial charge in [-0.15, -0.1) is 0 Å². The number of nitrogen functional groups attached to an aromatic ring is 1. The molecule has 3 aromatic heterocycles. The quantitative estimate of drug-likeness (QED) is 0.272. The number of sulfone groups is 1. The number of anilines is 1. The summed E-state index contributed by atoms with van der Waals surface area (Å²) in [7, 11) is -3.60. The molecule has 13 heteroatoms. The Hall–Kier alpha value is -3.13. The molecule has 12 nitrogen and oxygen atoms in total. The fourth-order valence-electron chi connectivity index (χ4n) is 4.59. The number of aromatic nitrogens is 6. The van der Waals surface area contributed by atoms with Crippen molar-refractivity contribution in [2.24, 2.45) is 0 Å². The Labute approximate surface area is 213 Å². The maximum Gasteiger partial charge on any atom is 0.167 e. The summed E-state index contributed by atoms with van der Waals surface area (Å²) in [5.74, 6) is 0.343. The molecule has 1 aliphatic heterocycles. The van der Waals surface area contributed by atoms with Gasteiger partial charge in [0, 0.05) is 6.42 Å². The van der Waals surface area contributed by atoms with Crippen LogP contribution in [0.5, 0.6) is 0 Å². The molecule has 1 aromatic carbocycles. The van der Waals surface area contributed by atoms with E-state index in [9.17, 15) is 18.6 Å². The maximum atomic E-state index is 12.8. The van der Waals surface area contributed by atoms with Crippen LogP contribution in [0.25, 0.3) is 22.2 Å². The van der Waals surface area contributed by atoms with Crippen molar-refractivity contribution >= 4 is 37.9 Å². The van der Waals surface area contributed by atoms with E-state index in [0.29, 0.717) is 24.0 Å². The minimum absolute atomic E-state index is 0.0129. The summed E-state index contributed by atoms with van der Waals surface area (Å²) >= 11 is 0. The molecule has 1 aliphatic rings. The number of nitrogens with two attached hydrogens (primary N) is 1. The van der Waals surface area contributed by atoms with Crippen LogP contribution in [0, 0.1) is 0 Å². The highest BCUT2D eigenvalue weighted by Gasteiger charge is 2.45. The lowest BCUT2D eigenvalue weighted by molar-refractivity contribution is -0.0292. The number of nitrogens with one attached hydrogen (secondary N) is 1. The molecule has 0 unspecified atom stereocenters. The molecular weight excluding hydrogens is 498 g/mol. The second-order valence-electron chi connectivity index (χ2n) is 10.5. The number of imidazole rings is 2. The fraction of sp³-hybridized carbons (Fsp3) is 0.500. The summed E-state index contributed by atoms with van der Waals surface area (Å²) in [6.45, 7) is 6.43. The Morgan fingerprint density at radius 1 is 1.16 bits per heavy atom. The van der Waals surface area contributed by atoms with Gasteiger partial charge < -0.3 is 25.7 Å². The number of hydrogen-bond donors (Lipinski definition) is 4. The van der Waals surface area contributed by atoms with Gasteiger partial charge in [0.05, 0.1) is 28.9 Å². The molecule has 5 N–H and O–H groups in total. The van der Waals surface area contributed by atoms with Gasteiger partial charge in [-0.1, -0.05) is 26.8 Å². The molecular formula is C24H31N7O5S. The third-order valence-corrected chi connectivity index (χ3v) is 8.43. The van der Waals surface area contributed by atoms with Gasteiger partial charge >= 0.3 is 0 Å². The third-order valence-electron chi connectivity index (χ3n) is 6.68. The van der Waals surface area contributed by atoms with Gasteiger partial charge in [0.25, 0.3) is 0 Å². The Morgan fingerprint density at radius 2 is 1.95 bits per heavy atom. The van der Waals surface area contributed by atoms with Crippen LogP contribution in [-0.4, -0.2) is 77.9 Å². The number of aliphatic hydroxyl groups excluding tert-OH is 2. The normalized spacial score (nSPS) is 22.8. The summed E-state index contributed by atoms with van der Waals surface area (Å²) in [5, 5.41) is 21.1. The van der Waals surface area contributed by atoms with Crippen molar-refractivity contribution in [3.05, 3.63) is 42.2 Å². The van der Waals surface area contributed by atoms with Crippen LogP contribution in [0.4, 0.5) is 5.82 Å². The highest BCUT2D eigenvalue weighted by Crippen LogP contribution is 2.33. The van der Waals surface area contributed by atoms with Crippen molar-refractivity contribution < 1.29 is 23.4 Å². The number of benzene rings is 1. The van der Waals surface area contributed by atoms with E-state index in [1.807, 2.05) is 6.07 Å². The van der Waals surface area contributed by atoms with Crippen LogP contribution >= 0.6 is 0 Å². The van der Waals surface area contributed by atoms with Gasteiger partial charge in [0.2, 0.25) is 0 Å². The SMILES string of the molecule is CC(C)(C)c1ccc2nc(CCCS(=O)(=O)C[C@H]3O[C@@H](n4cnc5c(N)ncnc54)[C@H](O)[C@@H]3O)[nH]c2c1. The first-order chi connectivity index (χ1) is 17.4. The Bertz CT molecular complexity index is 1540. The van der Waals surface area contributed by atoms with E-state index in [1.54, 1.807) is 0 Å². The second-order valence-corrected chi connectivity index (χ2v) is 12.7. The van der Waals surface area contributed by atoms with E-state index < -0.39 is 40.1 Å². The number of aromatic amines is 1. The van der Waals surface area contributed by atoms with E-state index in [-0.39, 0.29) is 17.0 Å². The lowest BCUT2D eigenvalue weighted by Gasteiger charge is -2.18. The van der Waals surface area contributed by atoms with Crippen molar-refractivity contribution in [2.75, 3.05) is 17.2 Å². The first-order valence-electron chi connectivity index (χ1n) is 12.1. The summed E-state index contributed by atoms with van der Waals surface area (Å²) < 4.78 is 32.9. The summed E-state index contributed by atoms with van der Waals surface area (Å²) in [6, 6.07) is 6.10. The smallest absolute Gasteiger partial charge is 0.167 e. The molecule has 4 atom stereocenters. The lowest BCUT2D eigenvalue weighted by Crippen LogP contribution is -2.36. The molecule has 0 spiro atoms. The number of aryl methyl sites for hydroxylation is 1. The van der Waals surface area contributed by atoms with E-state index in [2.05, 4.69) is 57.8 Å². The third kappa shape index (κ3) is 5.04. The molecule has 0 radical (unpaired) electrons. The predicted octanol–water partition coefficient (Wildman–Crippen LogP) is 1.25. The van der Waals surface area contributed by atoms with Crippen molar-refractivity contribution in [3.63, 3.8) is 0 Å². The van der Waals surface area contributed by atoms with E-state index in [4.69, 9.17) is 10.5 Å². The van der Waals surface area contributed by atoms with Crippen LogP contribution in [0.2, 0.25) is 0 Å². The Kier molecular flexibility index (Phi) is 6.42. The van der Waals surface area contributed by atoms with Gasteiger partial charge in [-0.3, -0.25) is 4.57 Å². The fourth-order valence-corrected chi connectivity index (χ4v) is 6.12. The van der Waals surface area contributed by atoms with E-state index in [0.717, 1.165) is 16.9 Å². The molecule has 198 valence electrons. The number of nitrogens with zero attached hydrogens (tertiary/aromatic N) is 5. The van der Waals surface area contributed by atoms with Crippen LogP contribution in [-0.2, 0) is 26.4 Å². The van der Waals surface area contributed by atoms with Crippen LogP contribution in [0.15, 0.2) is 30.9 Å². The predicted molar refractivity (Wildman–Crippen MR) is 137 cm³/mol. The van der Waals surface area contributed by atoms with Gasteiger partial charge in [-0.05, 0) is 29.5 Å². The molecule has 1 saturated heterocycles. The van der Waals surface area contributed by atoms with Crippen molar-refractivity contribution in [1.82, 2.24) is 29.5 Å². The van der Waals surface area contributed by atoms with Crippen molar-refractivity contribution in [3.8, 4) is 0 Å². The van der Waals surface area contributed by atoms with Gasteiger partial charge in [0.15, 0.2) is 27.5 Å². The van der Waals surface area contributed by atoms with Crippen LogP contribution < -0.4 is 5.73 Å². The molecule has 1 fully saturated rings. The topological polar surface area (TPSA) is 182 Å². The Morgan fingerprint density at radius 3 is 2.70 bits per heavy atom. The average molecular weight is 530 g/mol.